The fraction of sp³-hybridized carbons (Fsp3) is 0.360. The predicted molar refractivity (Wildman–Crippen MR) is 135 cm³/mol. The lowest BCUT2D eigenvalue weighted by molar-refractivity contribution is 0.390. The van der Waals surface area contributed by atoms with Gasteiger partial charge < -0.3 is 20.5 Å². The normalized spacial score (nSPS) is 14.8. The summed E-state index contributed by atoms with van der Waals surface area (Å²) in [6.07, 6.45) is 8.43. The average molecular weight is 432 g/mol. The summed E-state index contributed by atoms with van der Waals surface area (Å²) in [6, 6.07) is 6.56. The summed E-state index contributed by atoms with van der Waals surface area (Å²) in [5.74, 6) is 1.14. The van der Waals surface area contributed by atoms with Gasteiger partial charge in [-0.3, -0.25) is 9.97 Å². The second-order valence-corrected chi connectivity index (χ2v) is 8.17. The minimum Gasteiger partial charge on any atom is -0.366 e. The number of rotatable bonds is 7. The van der Waals surface area contributed by atoms with E-state index < -0.39 is 0 Å². The molecule has 1 aromatic heterocycles. The van der Waals surface area contributed by atoms with Crippen LogP contribution in [0.1, 0.15) is 43.6 Å². The maximum absolute atomic E-state index is 7.69. The Morgan fingerprint density at radius 3 is 2.53 bits per heavy atom. The van der Waals surface area contributed by atoms with Gasteiger partial charge in [-0.1, -0.05) is 32.6 Å². The van der Waals surface area contributed by atoms with Crippen LogP contribution in [0, 0.1) is 12.3 Å². The lowest BCUT2D eigenvalue weighted by Gasteiger charge is -2.38. The highest BCUT2D eigenvalue weighted by Crippen LogP contribution is 2.32. The van der Waals surface area contributed by atoms with Crippen LogP contribution >= 0.6 is 0 Å². The Balaban J connectivity index is 1.82. The van der Waals surface area contributed by atoms with Crippen LogP contribution in [0.15, 0.2) is 54.4 Å². The van der Waals surface area contributed by atoms with Gasteiger partial charge in [0.15, 0.2) is 0 Å². The second kappa shape index (κ2) is 10.7. The molecule has 0 amide bonds. The molecule has 1 aliphatic heterocycles. The Hall–Kier alpha value is -3.48. The number of nitrogens with one attached hydrogen (secondary N) is 2. The number of aliphatic imine (C=N–C) groups is 1. The van der Waals surface area contributed by atoms with Crippen molar-refractivity contribution in [3.63, 3.8) is 0 Å². The highest BCUT2D eigenvalue weighted by atomic mass is 15.3. The van der Waals surface area contributed by atoms with Gasteiger partial charge in [-0.15, -0.1) is 0 Å². The van der Waals surface area contributed by atoms with Crippen LogP contribution in [0.25, 0.3) is 5.70 Å². The largest absolute Gasteiger partial charge is 0.366 e. The standard InChI is InChI=1S/C25H33N7/c1-6-9-27-25(15-26)32-12-10-31(11-13-32)24-14-21(18(2)3)7-8-22(24)30-20(5)23-17-28-19(4)16-29-23/h6-9,14-18,26,30H,5,10-13H2,1-4H3/b9-6-,26-15?,27-25?. The fourth-order valence-electron chi connectivity index (χ4n) is 3.59. The summed E-state index contributed by atoms with van der Waals surface area (Å²) in [4.78, 5) is 17.7. The molecule has 1 saturated heterocycles. The van der Waals surface area contributed by atoms with Crippen LogP contribution in [-0.4, -0.2) is 53.1 Å². The Labute approximate surface area is 191 Å². The summed E-state index contributed by atoms with van der Waals surface area (Å²) < 4.78 is 0. The van der Waals surface area contributed by atoms with E-state index in [0.29, 0.717) is 11.8 Å². The molecule has 7 heteroatoms. The Morgan fingerprint density at radius 1 is 1.19 bits per heavy atom. The lowest BCUT2D eigenvalue weighted by atomic mass is 10.0. The molecule has 3 rings (SSSR count). The molecule has 0 aliphatic carbocycles. The molecule has 2 heterocycles. The Kier molecular flexibility index (Phi) is 7.76. The summed E-state index contributed by atoms with van der Waals surface area (Å²) in [6.45, 7) is 15.7. The molecule has 0 unspecified atom stereocenters. The molecule has 2 aromatic rings. The van der Waals surface area contributed by atoms with Crippen molar-refractivity contribution in [3.8, 4) is 0 Å². The SMILES string of the molecule is C=C(Nc1ccc(C(C)C)cc1N1CCN(C(C=N)=N/C=C\C)CC1)c1cnc(C)cn1. The monoisotopic (exact) mass is 431 g/mol. The molecule has 32 heavy (non-hydrogen) atoms. The molecular formula is C25H33N7. The van der Waals surface area contributed by atoms with Crippen molar-refractivity contribution in [2.45, 2.75) is 33.6 Å². The quantitative estimate of drug-likeness (QED) is 0.491. The number of aryl methyl sites for hydroxylation is 1. The number of anilines is 2. The van der Waals surface area contributed by atoms with Gasteiger partial charge in [0.25, 0.3) is 0 Å². The van der Waals surface area contributed by atoms with Gasteiger partial charge in [-0.25, -0.2) is 4.99 Å². The molecule has 168 valence electrons. The van der Waals surface area contributed by atoms with E-state index in [9.17, 15) is 0 Å². The van der Waals surface area contributed by atoms with E-state index in [1.807, 2.05) is 19.9 Å². The maximum Gasteiger partial charge on any atom is 0.146 e. The predicted octanol–water partition coefficient (Wildman–Crippen LogP) is 4.69. The zero-order valence-corrected chi connectivity index (χ0v) is 19.5. The van der Waals surface area contributed by atoms with E-state index in [4.69, 9.17) is 5.41 Å². The van der Waals surface area contributed by atoms with E-state index in [0.717, 1.165) is 54.6 Å². The topological polar surface area (TPSA) is 80.5 Å². The van der Waals surface area contributed by atoms with Crippen molar-refractivity contribution < 1.29 is 0 Å². The second-order valence-electron chi connectivity index (χ2n) is 8.17. The number of hydrogen-bond donors (Lipinski definition) is 2. The molecule has 0 atom stereocenters. The molecule has 0 radical (unpaired) electrons. The number of piperazine rings is 1. The first-order valence-corrected chi connectivity index (χ1v) is 11.0. The van der Waals surface area contributed by atoms with E-state index in [-0.39, 0.29) is 0 Å². The van der Waals surface area contributed by atoms with Crippen molar-refractivity contribution in [1.82, 2.24) is 14.9 Å². The van der Waals surface area contributed by atoms with Crippen molar-refractivity contribution in [2.24, 2.45) is 4.99 Å². The maximum atomic E-state index is 7.69. The average Bonchev–Trinajstić information content (AvgIpc) is 2.80. The molecule has 0 bridgehead atoms. The van der Waals surface area contributed by atoms with Crippen LogP contribution in [0.5, 0.6) is 0 Å². The number of nitrogens with zero attached hydrogens (tertiary/aromatic N) is 5. The zero-order chi connectivity index (χ0) is 23.1. The highest BCUT2D eigenvalue weighted by molar-refractivity contribution is 6.28. The minimum atomic E-state index is 0.438. The smallest absolute Gasteiger partial charge is 0.146 e. The van der Waals surface area contributed by atoms with Crippen molar-refractivity contribution >= 4 is 29.1 Å². The Bertz CT molecular complexity index is 997. The minimum absolute atomic E-state index is 0.438. The van der Waals surface area contributed by atoms with E-state index in [2.05, 4.69) is 68.7 Å². The van der Waals surface area contributed by atoms with Crippen LogP contribution in [0.3, 0.4) is 0 Å². The summed E-state index contributed by atoms with van der Waals surface area (Å²) in [7, 11) is 0. The van der Waals surface area contributed by atoms with E-state index in [1.54, 1.807) is 18.6 Å². The van der Waals surface area contributed by atoms with Crippen LogP contribution in [-0.2, 0) is 0 Å². The van der Waals surface area contributed by atoms with Crippen LogP contribution in [0.4, 0.5) is 11.4 Å². The Morgan fingerprint density at radius 2 is 1.94 bits per heavy atom. The van der Waals surface area contributed by atoms with Gasteiger partial charge >= 0.3 is 0 Å². The number of benzene rings is 1. The number of aromatic nitrogens is 2. The van der Waals surface area contributed by atoms with Gasteiger partial charge in [0.2, 0.25) is 0 Å². The molecule has 1 aliphatic rings. The van der Waals surface area contributed by atoms with Crippen LogP contribution < -0.4 is 10.2 Å². The third-order valence-electron chi connectivity index (χ3n) is 5.49. The van der Waals surface area contributed by atoms with E-state index >= 15 is 0 Å². The molecule has 1 fully saturated rings. The van der Waals surface area contributed by atoms with Crippen molar-refractivity contribution in [2.75, 3.05) is 36.4 Å². The first kappa shape index (κ1) is 23.2. The van der Waals surface area contributed by atoms with Crippen molar-refractivity contribution in [1.29, 1.82) is 5.41 Å². The molecule has 2 N–H and O–H groups in total. The molecule has 1 aromatic carbocycles. The zero-order valence-electron chi connectivity index (χ0n) is 19.5. The summed E-state index contributed by atoms with van der Waals surface area (Å²) >= 11 is 0. The first-order valence-electron chi connectivity index (χ1n) is 11.0. The van der Waals surface area contributed by atoms with Gasteiger partial charge in [0.05, 0.1) is 35.2 Å². The van der Waals surface area contributed by atoms with Gasteiger partial charge in [0.1, 0.15) is 11.5 Å². The van der Waals surface area contributed by atoms with E-state index in [1.165, 1.54) is 11.8 Å². The number of hydrogen-bond acceptors (Lipinski definition) is 6. The van der Waals surface area contributed by atoms with Crippen LogP contribution in [0.2, 0.25) is 0 Å². The van der Waals surface area contributed by atoms with Crippen molar-refractivity contribution in [3.05, 3.63) is 66.4 Å². The molecule has 0 spiro atoms. The third kappa shape index (κ3) is 5.60. The van der Waals surface area contributed by atoms with Gasteiger partial charge in [0, 0.05) is 38.6 Å². The fourth-order valence-corrected chi connectivity index (χ4v) is 3.59. The number of allylic oxidation sites excluding steroid dienone is 1. The lowest BCUT2D eigenvalue weighted by Crippen LogP contribution is -2.49. The molecule has 0 saturated carbocycles. The van der Waals surface area contributed by atoms with Gasteiger partial charge in [-0.2, -0.15) is 0 Å². The highest BCUT2D eigenvalue weighted by Gasteiger charge is 2.22. The summed E-state index contributed by atoms with van der Waals surface area (Å²) in [5, 5.41) is 11.2. The molecule has 7 nitrogen and oxygen atoms in total. The van der Waals surface area contributed by atoms with Gasteiger partial charge in [-0.05, 0) is 37.5 Å². The molecular weight excluding hydrogens is 398 g/mol. The first-order chi connectivity index (χ1) is 15.4. The third-order valence-corrected chi connectivity index (χ3v) is 5.49. The summed E-state index contributed by atoms with van der Waals surface area (Å²) in [5.41, 5.74) is 5.78. The number of amidine groups is 1.